The van der Waals surface area contributed by atoms with Crippen molar-refractivity contribution >= 4 is 0 Å². The first-order valence-corrected chi connectivity index (χ1v) is 6.67. The summed E-state index contributed by atoms with van der Waals surface area (Å²) in [6, 6.07) is 0. The second-order valence-electron chi connectivity index (χ2n) is 5.02. The van der Waals surface area contributed by atoms with Gasteiger partial charge in [0.1, 0.15) is 0 Å². The molecule has 98 valence electrons. The molecular weight excluding hydrogens is 198 g/mol. The van der Waals surface area contributed by atoms with E-state index in [1.54, 1.807) is 0 Å². The van der Waals surface area contributed by atoms with Gasteiger partial charge in [0.15, 0.2) is 0 Å². The Labute approximate surface area is 102 Å². The highest BCUT2D eigenvalue weighted by molar-refractivity contribution is 4.65. The Balaban J connectivity index is 3.81. The highest BCUT2D eigenvalue weighted by atomic mass is 15.2. The molecule has 1 unspecified atom stereocenters. The fourth-order valence-electron chi connectivity index (χ4n) is 1.85. The topological polar surface area (TPSA) is 18.5 Å². The molecule has 1 atom stereocenters. The molecule has 0 amide bonds. The summed E-state index contributed by atoms with van der Waals surface area (Å²) in [7, 11) is 4.29. The third kappa shape index (κ3) is 9.13. The maximum atomic E-state index is 3.42. The monoisotopic (exact) mass is 229 g/mol. The van der Waals surface area contributed by atoms with Crippen LogP contribution in [0, 0.1) is 5.92 Å². The van der Waals surface area contributed by atoms with E-state index >= 15 is 0 Å². The van der Waals surface area contributed by atoms with E-state index < -0.39 is 0 Å². The average Bonchev–Trinajstić information content (AvgIpc) is 2.23. The standard InChI is InChI=1S/C13H31N3/c1-6-8-16(10-9-15(4)5)12-13(3)11-14-7-2/h13-14H,6-12H2,1-5H3. The average molecular weight is 229 g/mol. The van der Waals surface area contributed by atoms with Crippen LogP contribution >= 0.6 is 0 Å². The number of rotatable bonds is 10. The number of likely N-dealkylation sites (N-methyl/N-ethyl adjacent to an activating group) is 1. The fraction of sp³-hybridized carbons (Fsp3) is 1.00. The highest BCUT2D eigenvalue weighted by Crippen LogP contribution is 2.00. The van der Waals surface area contributed by atoms with E-state index in [2.05, 4.69) is 50.0 Å². The van der Waals surface area contributed by atoms with E-state index in [1.807, 2.05) is 0 Å². The zero-order valence-electron chi connectivity index (χ0n) is 11.9. The molecule has 0 aromatic heterocycles. The van der Waals surface area contributed by atoms with Crippen LogP contribution < -0.4 is 5.32 Å². The Morgan fingerprint density at radius 2 is 1.75 bits per heavy atom. The largest absolute Gasteiger partial charge is 0.317 e. The van der Waals surface area contributed by atoms with Crippen LogP contribution in [-0.2, 0) is 0 Å². The van der Waals surface area contributed by atoms with E-state index in [9.17, 15) is 0 Å². The van der Waals surface area contributed by atoms with Gasteiger partial charge < -0.3 is 15.1 Å². The molecule has 0 aliphatic carbocycles. The molecule has 1 N–H and O–H groups in total. The molecule has 3 heteroatoms. The van der Waals surface area contributed by atoms with Gasteiger partial charge in [0.05, 0.1) is 0 Å². The van der Waals surface area contributed by atoms with Crippen LogP contribution in [0.25, 0.3) is 0 Å². The third-order valence-corrected chi connectivity index (χ3v) is 2.72. The number of hydrogen-bond acceptors (Lipinski definition) is 3. The number of hydrogen-bond donors (Lipinski definition) is 1. The Hall–Kier alpha value is -0.120. The van der Waals surface area contributed by atoms with Gasteiger partial charge in [0, 0.05) is 19.6 Å². The van der Waals surface area contributed by atoms with Crippen molar-refractivity contribution in [2.45, 2.75) is 27.2 Å². The summed E-state index contributed by atoms with van der Waals surface area (Å²) >= 11 is 0. The van der Waals surface area contributed by atoms with Crippen LogP contribution in [0.2, 0.25) is 0 Å². The van der Waals surface area contributed by atoms with Crippen LogP contribution in [-0.4, -0.2) is 63.2 Å². The molecule has 0 spiro atoms. The van der Waals surface area contributed by atoms with Gasteiger partial charge in [0.2, 0.25) is 0 Å². The first-order chi connectivity index (χ1) is 7.60. The van der Waals surface area contributed by atoms with Gasteiger partial charge in [-0.1, -0.05) is 20.8 Å². The summed E-state index contributed by atoms with van der Waals surface area (Å²) in [4.78, 5) is 4.85. The molecule has 0 saturated carbocycles. The molecular formula is C13H31N3. The molecule has 0 aliphatic rings. The van der Waals surface area contributed by atoms with Crippen LogP contribution in [0.15, 0.2) is 0 Å². The molecule has 0 aliphatic heterocycles. The lowest BCUT2D eigenvalue weighted by molar-refractivity contribution is 0.212. The van der Waals surface area contributed by atoms with Crippen molar-refractivity contribution in [1.29, 1.82) is 0 Å². The van der Waals surface area contributed by atoms with Crippen molar-refractivity contribution in [2.24, 2.45) is 5.92 Å². The van der Waals surface area contributed by atoms with Gasteiger partial charge in [-0.3, -0.25) is 0 Å². The lowest BCUT2D eigenvalue weighted by Crippen LogP contribution is -2.37. The summed E-state index contributed by atoms with van der Waals surface area (Å²) in [5, 5.41) is 3.42. The minimum Gasteiger partial charge on any atom is -0.317 e. The van der Waals surface area contributed by atoms with Crippen LogP contribution in [0.3, 0.4) is 0 Å². The van der Waals surface area contributed by atoms with Crippen molar-refractivity contribution in [3.8, 4) is 0 Å². The van der Waals surface area contributed by atoms with E-state index in [0.717, 1.165) is 25.6 Å². The quantitative estimate of drug-likeness (QED) is 0.612. The van der Waals surface area contributed by atoms with E-state index in [0.29, 0.717) is 0 Å². The summed E-state index contributed by atoms with van der Waals surface area (Å²) < 4.78 is 0. The van der Waals surface area contributed by atoms with Crippen molar-refractivity contribution in [2.75, 3.05) is 53.4 Å². The Morgan fingerprint density at radius 1 is 1.06 bits per heavy atom. The van der Waals surface area contributed by atoms with Gasteiger partial charge in [-0.05, 0) is 46.1 Å². The SMILES string of the molecule is CCCN(CCN(C)C)CC(C)CNCC. The Kier molecular flexibility index (Phi) is 9.99. The number of nitrogens with one attached hydrogen (secondary N) is 1. The zero-order valence-corrected chi connectivity index (χ0v) is 11.9. The molecule has 0 fully saturated rings. The van der Waals surface area contributed by atoms with Crippen molar-refractivity contribution < 1.29 is 0 Å². The van der Waals surface area contributed by atoms with Crippen molar-refractivity contribution in [1.82, 2.24) is 15.1 Å². The Morgan fingerprint density at radius 3 is 2.25 bits per heavy atom. The maximum Gasteiger partial charge on any atom is 0.0109 e. The molecule has 0 saturated heterocycles. The maximum absolute atomic E-state index is 3.42. The summed E-state index contributed by atoms with van der Waals surface area (Å²) in [5.41, 5.74) is 0. The highest BCUT2D eigenvalue weighted by Gasteiger charge is 2.09. The first-order valence-electron chi connectivity index (χ1n) is 6.67. The van der Waals surface area contributed by atoms with Gasteiger partial charge >= 0.3 is 0 Å². The Bertz CT molecular complexity index is 148. The molecule has 0 aromatic rings. The minimum absolute atomic E-state index is 0.744. The summed E-state index contributed by atoms with van der Waals surface area (Å²) in [6.45, 7) is 13.8. The molecule has 3 nitrogen and oxygen atoms in total. The van der Waals surface area contributed by atoms with Crippen LogP contribution in [0.5, 0.6) is 0 Å². The smallest absolute Gasteiger partial charge is 0.0109 e. The lowest BCUT2D eigenvalue weighted by Gasteiger charge is -2.26. The number of nitrogens with zero attached hydrogens (tertiary/aromatic N) is 2. The second-order valence-corrected chi connectivity index (χ2v) is 5.02. The van der Waals surface area contributed by atoms with Crippen molar-refractivity contribution in [3.63, 3.8) is 0 Å². The zero-order chi connectivity index (χ0) is 12.4. The molecule has 0 aromatic carbocycles. The van der Waals surface area contributed by atoms with Gasteiger partial charge in [-0.15, -0.1) is 0 Å². The van der Waals surface area contributed by atoms with Gasteiger partial charge in [-0.2, -0.15) is 0 Å². The van der Waals surface area contributed by atoms with Gasteiger partial charge in [-0.25, -0.2) is 0 Å². The van der Waals surface area contributed by atoms with E-state index in [4.69, 9.17) is 0 Å². The van der Waals surface area contributed by atoms with E-state index in [1.165, 1.54) is 26.1 Å². The summed E-state index contributed by atoms with van der Waals surface area (Å²) in [5.74, 6) is 0.744. The molecule has 0 rings (SSSR count). The van der Waals surface area contributed by atoms with E-state index in [-0.39, 0.29) is 0 Å². The first kappa shape index (κ1) is 15.9. The second kappa shape index (κ2) is 10.1. The molecule has 16 heavy (non-hydrogen) atoms. The van der Waals surface area contributed by atoms with Crippen LogP contribution in [0.1, 0.15) is 27.2 Å². The van der Waals surface area contributed by atoms with Crippen molar-refractivity contribution in [3.05, 3.63) is 0 Å². The molecule has 0 heterocycles. The minimum atomic E-state index is 0.744. The predicted octanol–water partition coefficient (Wildman–Crippen LogP) is 1.51. The lowest BCUT2D eigenvalue weighted by atomic mass is 10.1. The molecule has 0 bridgehead atoms. The molecule has 0 radical (unpaired) electrons. The normalized spacial score (nSPS) is 13.7. The fourth-order valence-corrected chi connectivity index (χ4v) is 1.85. The van der Waals surface area contributed by atoms with Crippen LogP contribution in [0.4, 0.5) is 0 Å². The van der Waals surface area contributed by atoms with Gasteiger partial charge in [0.25, 0.3) is 0 Å². The predicted molar refractivity (Wildman–Crippen MR) is 73.0 cm³/mol. The third-order valence-electron chi connectivity index (χ3n) is 2.72. The summed E-state index contributed by atoms with van der Waals surface area (Å²) in [6.07, 6.45) is 1.25.